The highest BCUT2D eigenvalue weighted by molar-refractivity contribution is 5.81. The van der Waals surface area contributed by atoms with E-state index >= 15 is 0 Å². The van der Waals surface area contributed by atoms with Crippen molar-refractivity contribution < 1.29 is 13.9 Å². The molecule has 2 aromatic rings. The van der Waals surface area contributed by atoms with Gasteiger partial charge in [-0.3, -0.25) is 10.1 Å². The summed E-state index contributed by atoms with van der Waals surface area (Å²) in [5.41, 5.74) is 1.91. The molecule has 0 fully saturated rings. The fourth-order valence-electron chi connectivity index (χ4n) is 2.11. The number of carbonyl (C=O) groups is 1. The lowest BCUT2D eigenvalue weighted by molar-refractivity contribution is -0.144. The van der Waals surface area contributed by atoms with Crippen molar-refractivity contribution in [2.75, 3.05) is 7.11 Å². The van der Waals surface area contributed by atoms with Crippen LogP contribution in [0.3, 0.4) is 0 Å². The molecule has 0 radical (unpaired) electrons. The number of rotatable bonds is 5. The summed E-state index contributed by atoms with van der Waals surface area (Å²) in [4.78, 5) is 11.7. The van der Waals surface area contributed by atoms with E-state index in [1.807, 2.05) is 38.1 Å². The van der Waals surface area contributed by atoms with E-state index in [-0.39, 0.29) is 17.9 Å². The summed E-state index contributed by atoms with van der Waals surface area (Å²) in [5.74, 6) is -0.0617. The summed E-state index contributed by atoms with van der Waals surface area (Å²) < 4.78 is 10.3. The molecule has 1 aromatic carbocycles. The summed E-state index contributed by atoms with van der Waals surface area (Å²) in [6, 6.07) is 7.55. The van der Waals surface area contributed by atoms with E-state index in [9.17, 15) is 4.79 Å². The molecule has 0 aliphatic carbocycles. The summed E-state index contributed by atoms with van der Waals surface area (Å²) in [6.45, 7) is 4.55. The Hall–Kier alpha value is -1.81. The highest BCUT2D eigenvalue weighted by atomic mass is 16.5. The maximum atomic E-state index is 11.7. The lowest BCUT2D eigenvalue weighted by Gasteiger charge is -2.19. The van der Waals surface area contributed by atoms with Gasteiger partial charge in [0.05, 0.1) is 13.4 Å². The van der Waals surface area contributed by atoms with E-state index in [1.165, 1.54) is 7.11 Å². The fourth-order valence-corrected chi connectivity index (χ4v) is 2.11. The number of ether oxygens (including phenoxy) is 1. The van der Waals surface area contributed by atoms with E-state index in [0.717, 1.165) is 16.5 Å². The average Bonchev–Trinajstić information content (AvgIpc) is 2.82. The van der Waals surface area contributed by atoms with Crippen LogP contribution in [-0.2, 0) is 16.1 Å². The first kappa shape index (κ1) is 13.6. The van der Waals surface area contributed by atoms with Gasteiger partial charge in [0.15, 0.2) is 0 Å². The van der Waals surface area contributed by atoms with Crippen LogP contribution in [0, 0.1) is 5.92 Å². The molecule has 1 atom stereocenters. The van der Waals surface area contributed by atoms with Gasteiger partial charge < -0.3 is 9.15 Å². The van der Waals surface area contributed by atoms with Gasteiger partial charge in [0.2, 0.25) is 0 Å². The van der Waals surface area contributed by atoms with E-state index in [2.05, 4.69) is 5.32 Å². The molecule has 0 saturated heterocycles. The predicted octanol–water partition coefficient (Wildman–Crippen LogP) is 2.72. The van der Waals surface area contributed by atoms with Crippen molar-refractivity contribution in [2.24, 2.45) is 5.92 Å². The van der Waals surface area contributed by atoms with Gasteiger partial charge in [0.1, 0.15) is 11.6 Å². The van der Waals surface area contributed by atoms with Crippen LogP contribution in [0.25, 0.3) is 11.0 Å². The standard InChI is InChI=1S/C15H19NO3/c1-10(2)14(15(17)18-3)16-8-11-9-19-13-7-5-4-6-12(11)13/h4-7,9-10,14,16H,8H2,1-3H3/t14-/m0/s1. The number of nitrogens with one attached hydrogen (secondary N) is 1. The molecule has 0 unspecified atom stereocenters. The number of fused-ring (bicyclic) bond motifs is 1. The van der Waals surface area contributed by atoms with Crippen molar-refractivity contribution in [3.05, 3.63) is 36.1 Å². The number of methoxy groups -OCH3 is 1. The van der Waals surface area contributed by atoms with Crippen molar-refractivity contribution in [1.82, 2.24) is 5.32 Å². The topological polar surface area (TPSA) is 51.5 Å². The van der Waals surface area contributed by atoms with Gasteiger partial charge in [-0.25, -0.2) is 0 Å². The van der Waals surface area contributed by atoms with E-state index in [1.54, 1.807) is 6.26 Å². The van der Waals surface area contributed by atoms with Gasteiger partial charge in [-0.15, -0.1) is 0 Å². The Balaban J connectivity index is 2.11. The van der Waals surface area contributed by atoms with Gasteiger partial charge in [0.25, 0.3) is 0 Å². The normalized spacial score (nSPS) is 12.8. The van der Waals surface area contributed by atoms with Gasteiger partial charge in [0, 0.05) is 17.5 Å². The SMILES string of the molecule is COC(=O)[C@@H](NCc1coc2ccccc12)C(C)C. The first-order valence-corrected chi connectivity index (χ1v) is 6.39. The summed E-state index contributed by atoms with van der Waals surface area (Å²) in [5, 5.41) is 4.30. The van der Waals surface area contributed by atoms with Crippen molar-refractivity contribution in [1.29, 1.82) is 0 Å². The van der Waals surface area contributed by atoms with Gasteiger partial charge >= 0.3 is 5.97 Å². The Morgan fingerprint density at radius 3 is 2.79 bits per heavy atom. The Labute approximate surface area is 112 Å². The molecule has 0 spiro atoms. The number of carbonyl (C=O) groups excluding carboxylic acids is 1. The lowest BCUT2D eigenvalue weighted by atomic mass is 10.0. The molecular weight excluding hydrogens is 242 g/mol. The predicted molar refractivity (Wildman–Crippen MR) is 73.7 cm³/mol. The van der Waals surface area contributed by atoms with Crippen LogP contribution in [0.2, 0.25) is 0 Å². The largest absolute Gasteiger partial charge is 0.468 e. The number of hydrogen-bond donors (Lipinski definition) is 1. The minimum Gasteiger partial charge on any atom is -0.468 e. The lowest BCUT2D eigenvalue weighted by Crippen LogP contribution is -2.41. The van der Waals surface area contributed by atoms with Crippen LogP contribution < -0.4 is 5.32 Å². The molecule has 1 N–H and O–H groups in total. The molecule has 0 bridgehead atoms. The van der Waals surface area contributed by atoms with E-state index in [4.69, 9.17) is 9.15 Å². The fraction of sp³-hybridized carbons (Fsp3) is 0.400. The quantitative estimate of drug-likeness (QED) is 0.841. The second-order valence-corrected chi connectivity index (χ2v) is 4.88. The summed E-state index contributed by atoms with van der Waals surface area (Å²) in [6.07, 6.45) is 1.73. The third-order valence-corrected chi connectivity index (χ3v) is 3.20. The van der Waals surface area contributed by atoms with Crippen molar-refractivity contribution in [2.45, 2.75) is 26.4 Å². The molecule has 0 saturated carbocycles. The van der Waals surface area contributed by atoms with E-state index < -0.39 is 0 Å². The molecular formula is C15H19NO3. The average molecular weight is 261 g/mol. The Morgan fingerprint density at radius 2 is 2.11 bits per heavy atom. The monoisotopic (exact) mass is 261 g/mol. The second-order valence-electron chi connectivity index (χ2n) is 4.88. The molecule has 4 heteroatoms. The van der Waals surface area contributed by atoms with Gasteiger partial charge in [-0.05, 0) is 12.0 Å². The smallest absolute Gasteiger partial charge is 0.323 e. The second kappa shape index (κ2) is 5.89. The van der Waals surface area contributed by atoms with Crippen LogP contribution in [0.5, 0.6) is 0 Å². The van der Waals surface area contributed by atoms with Crippen molar-refractivity contribution >= 4 is 16.9 Å². The molecule has 102 valence electrons. The first-order valence-electron chi connectivity index (χ1n) is 6.39. The Bertz CT molecular complexity index is 559. The summed E-state index contributed by atoms with van der Waals surface area (Å²) in [7, 11) is 1.41. The molecule has 19 heavy (non-hydrogen) atoms. The molecule has 1 aromatic heterocycles. The number of hydrogen-bond acceptors (Lipinski definition) is 4. The number of benzene rings is 1. The molecule has 1 heterocycles. The maximum Gasteiger partial charge on any atom is 0.323 e. The minimum atomic E-state index is -0.307. The molecule has 0 aliphatic heterocycles. The third-order valence-electron chi connectivity index (χ3n) is 3.20. The zero-order valence-corrected chi connectivity index (χ0v) is 11.5. The van der Waals surface area contributed by atoms with Gasteiger partial charge in [-0.2, -0.15) is 0 Å². The van der Waals surface area contributed by atoms with Crippen LogP contribution >= 0.6 is 0 Å². The molecule has 2 rings (SSSR count). The van der Waals surface area contributed by atoms with Crippen LogP contribution in [0.15, 0.2) is 34.9 Å². The first-order chi connectivity index (χ1) is 9.13. The van der Waals surface area contributed by atoms with Crippen molar-refractivity contribution in [3.8, 4) is 0 Å². The van der Waals surface area contributed by atoms with Gasteiger partial charge in [-0.1, -0.05) is 32.0 Å². The highest BCUT2D eigenvalue weighted by Crippen LogP contribution is 2.20. The van der Waals surface area contributed by atoms with Crippen molar-refractivity contribution in [3.63, 3.8) is 0 Å². The Morgan fingerprint density at radius 1 is 1.37 bits per heavy atom. The number of esters is 1. The van der Waals surface area contributed by atoms with Crippen LogP contribution in [0.1, 0.15) is 19.4 Å². The maximum absolute atomic E-state index is 11.7. The zero-order chi connectivity index (χ0) is 13.8. The summed E-state index contributed by atoms with van der Waals surface area (Å²) >= 11 is 0. The number of para-hydroxylation sites is 1. The molecule has 0 amide bonds. The van der Waals surface area contributed by atoms with Crippen LogP contribution in [0.4, 0.5) is 0 Å². The third kappa shape index (κ3) is 2.96. The molecule has 0 aliphatic rings. The zero-order valence-electron chi connectivity index (χ0n) is 11.5. The number of furan rings is 1. The highest BCUT2D eigenvalue weighted by Gasteiger charge is 2.22. The minimum absolute atomic E-state index is 0.172. The van der Waals surface area contributed by atoms with Crippen LogP contribution in [-0.4, -0.2) is 19.1 Å². The Kier molecular flexibility index (Phi) is 4.22. The molecule has 4 nitrogen and oxygen atoms in total. The van der Waals surface area contributed by atoms with E-state index in [0.29, 0.717) is 6.54 Å².